The minimum atomic E-state index is -5.09. The van der Waals surface area contributed by atoms with Gasteiger partial charge in [0.1, 0.15) is 0 Å². The Labute approximate surface area is 78.3 Å². The van der Waals surface area contributed by atoms with Gasteiger partial charge < -0.3 is 0 Å². The lowest BCUT2D eigenvalue weighted by Crippen LogP contribution is -2.18. The van der Waals surface area contributed by atoms with E-state index < -0.39 is 28.4 Å². The molecule has 0 radical (unpaired) electrons. The summed E-state index contributed by atoms with van der Waals surface area (Å²) < 4.78 is 71.0. The number of nitrogens with zero attached hydrogens (tertiary/aromatic N) is 2. The number of alkyl halides is 6. The maximum atomic E-state index is 12.0. The van der Waals surface area contributed by atoms with E-state index >= 15 is 0 Å². The third-order valence-electron chi connectivity index (χ3n) is 1.40. The molecule has 1 aromatic rings. The molecule has 1 heterocycles. The van der Waals surface area contributed by atoms with Gasteiger partial charge in [0.15, 0.2) is 12.0 Å². The summed E-state index contributed by atoms with van der Waals surface area (Å²) in [5, 5.41) is 2.26. The molecule has 1 aromatic heterocycles. The van der Waals surface area contributed by atoms with Crippen LogP contribution in [0.25, 0.3) is 0 Å². The number of rotatable bonds is 1. The topological polar surface area (TPSA) is 34.9 Å². The number of hydrogen-bond acceptors (Lipinski definition) is 2. The second kappa shape index (κ2) is 3.24. The number of halogens is 6. The van der Waals surface area contributed by atoms with Gasteiger partial charge in [-0.25, -0.2) is 0 Å². The standard InChI is InChI=1S/C6H2F6N2O/c7-5(8,9)4-3(2-15)1-14(13-4)6(10,11)12/h1-2H. The number of carbonyl (C=O) groups is 1. The second-order valence-corrected chi connectivity index (χ2v) is 2.46. The fourth-order valence-electron chi connectivity index (χ4n) is 0.824. The summed E-state index contributed by atoms with van der Waals surface area (Å²) in [4.78, 5) is 10.1. The average molecular weight is 232 g/mol. The van der Waals surface area contributed by atoms with Crippen LogP contribution >= 0.6 is 0 Å². The van der Waals surface area contributed by atoms with E-state index in [1.165, 1.54) is 0 Å². The molecule has 0 aliphatic carbocycles. The Morgan fingerprint density at radius 1 is 1.20 bits per heavy atom. The summed E-state index contributed by atoms with van der Waals surface area (Å²) in [7, 11) is 0. The fraction of sp³-hybridized carbons (Fsp3) is 0.333. The molecule has 0 fully saturated rings. The highest BCUT2D eigenvalue weighted by atomic mass is 19.4. The van der Waals surface area contributed by atoms with Crippen LogP contribution < -0.4 is 0 Å². The van der Waals surface area contributed by atoms with E-state index in [2.05, 4.69) is 5.10 Å². The van der Waals surface area contributed by atoms with Gasteiger partial charge >= 0.3 is 12.5 Å². The first kappa shape index (κ1) is 11.5. The Kier molecular flexibility index (Phi) is 2.49. The Bertz CT molecular complexity index is 376. The highest BCUT2D eigenvalue weighted by Crippen LogP contribution is 2.32. The van der Waals surface area contributed by atoms with Gasteiger partial charge in [0.25, 0.3) is 0 Å². The molecule has 0 aliphatic rings. The van der Waals surface area contributed by atoms with Crippen molar-refractivity contribution in [2.75, 3.05) is 0 Å². The average Bonchev–Trinajstić information content (AvgIpc) is 2.44. The monoisotopic (exact) mass is 232 g/mol. The van der Waals surface area contributed by atoms with Gasteiger partial charge in [0.05, 0.1) is 5.56 Å². The van der Waals surface area contributed by atoms with Crippen molar-refractivity contribution in [3.05, 3.63) is 17.5 Å². The van der Waals surface area contributed by atoms with E-state index in [1.807, 2.05) is 0 Å². The van der Waals surface area contributed by atoms with Gasteiger partial charge in [-0.05, 0) is 0 Å². The van der Waals surface area contributed by atoms with Crippen molar-refractivity contribution in [2.45, 2.75) is 12.5 Å². The molecule has 0 aromatic carbocycles. The van der Waals surface area contributed by atoms with Gasteiger partial charge in [0.2, 0.25) is 0 Å². The summed E-state index contributed by atoms with van der Waals surface area (Å²) in [6.07, 6.45) is -10.5. The maximum absolute atomic E-state index is 12.0. The van der Waals surface area contributed by atoms with Crippen molar-refractivity contribution in [1.82, 2.24) is 9.78 Å². The van der Waals surface area contributed by atoms with Crippen molar-refractivity contribution in [3.63, 3.8) is 0 Å². The zero-order valence-corrected chi connectivity index (χ0v) is 6.73. The van der Waals surface area contributed by atoms with Gasteiger partial charge in [-0.15, -0.1) is 13.2 Å². The van der Waals surface area contributed by atoms with Gasteiger partial charge in [-0.2, -0.15) is 23.0 Å². The first-order valence-corrected chi connectivity index (χ1v) is 3.35. The van der Waals surface area contributed by atoms with Crippen LogP contribution in [-0.4, -0.2) is 16.1 Å². The number of aromatic nitrogens is 2. The minimum absolute atomic E-state index is 0.0180. The van der Waals surface area contributed by atoms with Crippen LogP contribution in [0.2, 0.25) is 0 Å². The van der Waals surface area contributed by atoms with E-state index in [1.54, 1.807) is 0 Å². The summed E-state index contributed by atoms with van der Waals surface area (Å²) in [6.45, 7) is 0. The van der Waals surface area contributed by atoms with Crippen LogP contribution in [0.5, 0.6) is 0 Å². The third kappa shape index (κ3) is 2.28. The lowest BCUT2D eigenvalue weighted by molar-refractivity contribution is -0.214. The van der Waals surface area contributed by atoms with Crippen LogP contribution in [0.15, 0.2) is 6.20 Å². The quantitative estimate of drug-likeness (QED) is 0.549. The molecule has 0 N–H and O–H groups in total. The lowest BCUT2D eigenvalue weighted by atomic mass is 10.3. The Balaban J connectivity index is 3.30. The van der Waals surface area contributed by atoms with Gasteiger partial charge in [-0.3, -0.25) is 4.79 Å². The summed E-state index contributed by atoms with van der Waals surface area (Å²) in [5.74, 6) is 0. The molecule has 0 saturated heterocycles. The third-order valence-corrected chi connectivity index (χ3v) is 1.40. The molecule has 84 valence electrons. The summed E-state index contributed by atoms with van der Waals surface area (Å²) >= 11 is 0. The van der Waals surface area contributed by atoms with Crippen molar-refractivity contribution in [3.8, 4) is 0 Å². The van der Waals surface area contributed by atoms with Crippen molar-refractivity contribution >= 4 is 6.29 Å². The molecule has 0 aliphatic heterocycles. The van der Waals surface area contributed by atoms with E-state index in [0.29, 0.717) is 0 Å². The maximum Gasteiger partial charge on any atom is 0.504 e. The molecular formula is C6H2F6N2O. The Morgan fingerprint density at radius 2 is 1.73 bits per heavy atom. The molecule has 9 heteroatoms. The van der Waals surface area contributed by atoms with Gasteiger partial charge in [0, 0.05) is 6.20 Å². The highest BCUT2D eigenvalue weighted by Gasteiger charge is 2.41. The van der Waals surface area contributed by atoms with Crippen LogP contribution in [0.4, 0.5) is 26.3 Å². The first-order valence-electron chi connectivity index (χ1n) is 3.35. The zero-order valence-electron chi connectivity index (χ0n) is 6.73. The van der Waals surface area contributed by atoms with Crippen LogP contribution in [0.3, 0.4) is 0 Å². The van der Waals surface area contributed by atoms with Crippen molar-refractivity contribution in [2.24, 2.45) is 0 Å². The largest absolute Gasteiger partial charge is 0.504 e. The molecule has 3 nitrogen and oxygen atoms in total. The minimum Gasteiger partial charge on any atom is -0.298 e. The summed E-state index contributed by atoms with van der Waals surface area (Å²) in [5.41, 5.74) is -3.00. The Morgan fingerprint density at radius 3 is 2.00 bits per heavy atom. The molecular weight excluding hydrogens is 230 g/mol. The normalized spacial score (nSPS) is 12.9. The smallest absolute Gasteiger partial charge is 0.298 e. The second-order valence-electron chi connectivity index (χ2n) is 2.46. The number of carbonyl (C=O) groups excluding carboxylic acids is 1. The molecule has 0 unspecified atom stereocenters. The fourth-order valence-corrected chi connectivity index (χ4v) is 0.824. The first-order chi connectivity index (χ1) is 6.66. The number of hydrogen-bond donors (Lipinski definition) is 0. The van der Waals surface area contributed by atoms with E-state index in [9.17, 15) is 31.1 Å². The molecule has 15 heavy (non-hydrogen) atoms. The predicted octanol–water partition coefficient (Wildman–Crippen LogP) is 2.19. The Hall–Kier alpha value is -1.54. The number of aldehydes is 1. The zero-order chi connectivity index (χ0) is 11.9. The molecule has 0 saturated carbocycles. The molecule has 0 bridgehead atoms. The molecule has 0 spiro atoms. The van der Waals surface area contributed by atoms with Gasteiger partial charge in [-0.1, -0.05) is 0 Å². The molecule has 0 atom stereocenters. The molecule has 1 rings (SSSR count). The van der Waals surface area contributed by atoms with Crippen LogP contribution in [0.1, 0.15) is 16.1 Å². The van der Waals surface area contributed by atoms with E-state index in [0.717, 1.165) is 0 Å². The van der Waals surface area contributed by atoms with Crippen molar-refractivity contribution < 1.29 is 31.1 Å². The molecule has 0 amide bonds. The van der Waals surface area contributed by atoms with E-state index in [-0.39, 0.29) is 12.5 Å². The van der Waals surface area contributed by atoms with Crippen LogP contribution in [0, 0.1) is 0 Å². The van der Waals surface area contributed by atoms with E-state index in [4.69, 9.17) is 0 Å². The van der Waals surface area contributed by atoms with Crippen LogP contribution in [-0.2, 0) is 12.5 Å². The van der Waals surface area contributed by atoms with Crippen molar-refractivity contribution in [1.29, 1.82) is 0 Å². The highest BCUT2D eigenvalue weighted by molar-refractivity contribution is 5.76. The summed E-state index contributed by atoms with van der Waals surface area (Å²) in [6, 6.07) is 0. The lowest BCUT2D eigenvalue weighted by Gasteiger charge is -2.05. The SMILES string of the molecule is O=Cc1cn(C(F)(F)F)nc1C(F)(F)F. The predicted molar refractivity (Wildman–Crippen MR) is 33.9 cm³/mol.